The highest BCUT2D eigenvalue weighted by atomic mass is 35.5. The fourth-order valence-electron chi connectivity index (χ4n) is 4.24. The van der Waals surface area contributed by atoms with Crippen molar-refractivity contribution in [2.75, 3.05) is 32.0 Å². The molecule has 0 saturated carbocycles. The Morgan fingerprint density at radius 1 is 0.739 bits per heavy atom. The number of ether oxygens (including phenoxy) is 3. The van der Waals surface area contributed by atoms with Crippen LogP contribution in [0.1, 0.15) is 22.8 Å². The first kappa shape index (κ1) is 34.2. The minimum atomic E-state index is -0.591. The molecule has 0 aromatic heterocycles. The second-order valence-electron chi connectivity index (χ2n) is 9.72. The van der Waals surface area contributed by atoms with E-state index in [2.05, 4.69) is 16.0 Å². The summed E-state index contributed by atoms with van der Waals surface area (Å²) in [7, 11) is 4.47. The van der Waals surface area contributed by atoms with E-state index < -0.39 is 17.1 Å². The SMILES string of the molecule is COc1cc(OC)c(OC)cc1/C=C(/NC(=O)c1ccccc1)C(=O)Nc1cccc(SC(C)C(=O)Nc2cc(Cl)cc(Cl)c2)c1. The molecule has 1 unspecified atom stereocenters. The lowest BCUT2D eigenvalue weighted by molar-refractivity contribution is -0.115. The highest BCUT2D eigenvalue weighted by molar-refractivity contribution is 8.00. The van der Waals surface area contributed by atoms with Crippen LogP contribution in [0.2, 0.25) is 10.0 Å². The van der Waals surface area contributed by atoms with E-state index in [-0.39, 0.29) is 11.6 Å². The molecule has 0 saturated heterocycles. The molecule has 4 aromatic carbocycles. The number of anilines is 2. The molecule has 0 aliphatic carbocycles. The number of halogens is 2. The Hall–Kier alpha value is -4.64. The van der Waals surface area contributed by atoms with Crippen molar-refractivity contribution in [3.63, 3.8) is 0 Å². The predicted molar refractivity (Wildman–Crippen MR) is 183 cm³/mol. The van der Waals surface area contributed by atoms with Gasteiger partial charge in [0.1, 0.15) is 11.4 Å². The van der Waals surface area contributed by atoms with Gasteiger partial charge in [0.2, 0.25) is 5.91 Å². The number of rotatable bonds is 12. The second-order valence-corrected chi connectivity index (χ2v) is 12.0. The van der Waals surface area contributed by atoms with Gasteiger partial charge in [-0.15, -0.1) is 11.8 Å². The average molecular weight is 681 g/mol. The van der Waals surface area contributed by atoms with Gasteiger partial charge in [-0.2, -0.15) is 0 Å². The topological polar surface area (TPSA) is 115 Å². The van der Waals surface area contributed by atoms with Crippen molar-refractivity contribution in [1.82, 2.24) is 5.32 Å². The Morgan fingerprint density at radius 2 is 1.39 bits per heavy atom. The number of carbonyl (C=O) groups is 3. The molecule has 4 aromatic rings. The number of amides is 3. The van der Waals surface area contributed by atoms with E-state index >= 15 is 0 Å². The summed E-state index contributed by atoms with van der Waals surface area (Å²) >= 11 is 13.4. The minimum Gasteiger partial charge on any atom is -0.496 e. The van der Waals surface area contributed by atoms with E-state index in [1.165, 1.54) is 39.2 Å². The van der Waals surface area contributed by atoms with Crippen molar-refractivity contribution in [3.05, 3.63) is 112 Å². The molecule has 9 nitrogen and oxygen atoms in total. The van der Waals surface area contributed by atoms with Crippen molar-refractivity contribution in [2.45, 2.75) is 17.1 Å². The Balaban J connectivity index is 1.57. The van der Waals surface area contributed by atoms with E-state index in [4.69, 9.17) is 37.4 Å². The quantitative estimate of drug-likeness (QED) is 0.105. The van der Waals surface area contributed by atoms with Crippen LogP contribution in [0.25, 0.3) is 6.08 Å². The van der Waals surface area contributed by atoms with Gasteiger partial charge in [-0.1, -0.05) is 47.5 Å². The van der Waals surface area contributed by atoms with E-state index in [1.807, 2.05) is 6.07 Å². The van der Waals surface area contributed by atoms with E-state index in [0.717, 1.165) is 4.90 Å². The third-order valence-electron chi connectivity index (χ3n) is 6.47. The van der Waals surface area contributed by atoms with E-state index in [9.17, 15) is 14.4 Å². The molecule has 12 heteroatoms. The molecule has 0 heterocycles. The van der Waals surface area contributed by atoms with Gasteiger partial charge in [0.25, 0.3) is 11.8 Å². The molecule has 3 amide bonds. The van der Waals surface area contributed by atoms with Crippen LogP contribution in [0.5, 0.6) is 17.2 Å². The third kappa shape index (κ3) is 9.20. The molecule has 0 aliphatic rings. The number of nitrogens with one attached hydrogen (secondary N) is 3. The second kappa shape index (κ2) is 16.1. The van der Waals surface area contributed by atoms with Crippen molar-refractivity contribution in [1.29, 1.82) is 0 Å². The minimum absolute atomic E-state index is 0.0506. The number of thioether (sulfide) groups is 1. The summed E-state index contributed by atoms with van der Waals surface area (Å²) in [6.07, 6.45) is 1.49. The maximum Gasteiger partial charge on any atom is 0.272 e. The maximum absolute atomic E-state index is 13.7. The Bertz CT molecular complexity index is 1750. The normalized spacial score (nSPS) is 11.7. The molecule has 0 fully saturated rings. The highest BCUT2D eigenvalue weighted by Gasteiger charge is 2.19. The summed E-state index contributed by atoms with van der Waals surface area (Å²) in [5.41, 5.74) is 1.71. The van der Waals surface area contributed by atoms with Gasteiger partial charge in [-0.05, 0) is 67.6 Å². The molecule has 0 radical (unpaired) electrons. The molecule has 3 N–H and O–H groups in total. The van der Waals surface area contributed by atoms with Crippen LogP contribution in [0.15, 0.2) is 95.5 Å². The smallest absolute Gasteiger partial charge is 0.272 e. The Morgan fingerprint density at radius 3 is 2.04 bits per heavy atom. The van der Waals surface area contributed by atoms with Crippen molar-refractivity contribution in [3.8, 4) is 17.2 Å². The molecule has 0 bridgehead atoms. The van der Waals surface area contributed by atoms with Crippen LogP contribution in [0.4, 0.5) is 11.4 Å². The fraction of sp³-hybridized carbons (Fsp3) is 0.147. The van der Waals surface area contributed by atoms with E-state index in [1.54, 1.807) is 85.8 Å². The lowest BCUT2D eigenvalue weighted by Gasteiger charge is -2.15. The summed E-state index contributed by atoms with van der Waals surface area (Å²) in [4.78, 5) is 40.4. The molecule has 1 atom stereocenters. The fourth-order valence-corrected chi connectivity index (χ4v) is 5.69. The van der Waals surface area contributed by atoms with Crippen LogP contribution in [0, 0.1) is 0 Å². The zero-order valence-corrected chi connectivity index (χ0v) is 27.7. The van der Waals surface area contributed by atoms with Crippen LogP contribution < -0.4 is 30.2 Å². The first-order chi connectivity index (χ1) is 22.1. The number of methoxy groups -OCH3 is 3. The van der Waals surface area contributed by atoms with Gasteiger partial charge >= 0.3 is 0 Å². The number of benzene rings is 4. The zero-order valence-electron chi connectivity index (χ0n) is 25.4. The number of hydrogen-bond acceptors (Lipinski definition) is 7. The van der Waals surface area contributed by atoms with Gasteiger partial charge in [0.15, 0.2) is 11.5 Å². The lowest BCUT2D eigenvalue weighted by Crippen LogP contribution is -2.30. The zero-order chi connectivity index (χ0) is 33.2. The predicted octanol–water partition coefficient (Wildman–Crippen LogP) is 7.55. The molecule has 0 aliphatic heterocycles. The number of carbonyl (C=O) groups excluding carboxylic acids is 3. The third-order valence-corrected chi connectivity index (χ3v) is 8.00. The van der Waals surface area contributed by atoms with Crippen molar-refractivity contribution in [2.24, 2.45) is 0 Å². The Labute approximate surface area is 281 Å². The largest absolute Gasteiger partial charge is 0.496 e. The molecular weight excluding hydrogens is 649 g/mol. The van der Waals surface area contributed by atoms with Gasteiger partial charge in [0.05, 0.1) is 26.6 Å². The van der Waals surface area contributed by atoms with E-state index in [0.29, 0.717) is 49.8 Å². The monoisotopic (exact) mass is 679 g/mol. The first-order valence-corrected chi connectivity index (χ1v) is 15.5. The summed E-state index contributed by atoms with van der Waals surface area (Å²) in [5, 5.41) is 8.69. The van der Waals surface area contributed by atoms with Crippen molar-refractivity contribution >= 4 is 70.1 Å². The van der Waals surface area contributed by atoms with Gasteiger partial charge in [-0.25, -0.2) is 0 Å². The molecular formula is C34H31Cl2N3O6S. The summed E-state index contributed by atoms with van der Waals surface area (Å²) in [5.74, 6) is -0.0916. The maximum atomic E-state index is 13.7. The highest BCUT2D eigenvalue weighted by Crippen LogP contribution is 2.36. The Kier molecular flexibility index (Phi) is 12.0. The molecule has 46 heavy (non-hydrogen) atoms. The first-order valence-electron chi connectivity index (χ1n) is 13.8. The van der Waals surface area contributed by atoms with Gasteiger partial charge < -0.3 is 30.2 Å². The standard InChI is InChI=1S/C34H31Cl2N3O6S/c1-20(32(40)38-26-16-23(35)15-24(36)17-26)46-27-12-8-11-25(18-27)37-34(42)28(39-33(41)21-9-6-5-7-10-21)13-22-14-30(44-3)31(45-4)19-29(22)43-2/h5-20H,1-4H3,(H,37,42)(H,38,40)(H,39,41)/b28-13+. The summed E-state index contributed by atoms with van der Waals surface area (Å²) < 4.78 is 16.3. The molecule has 0 spiro atoms. The number of hydrogen-bond donors (Lipinski definition) is 3. The van der Waals surface area contributed by atoms with Crippen molar-refractivity contribution < 1.29 is 28.6 Å². The van der Waals surface area contributed by atoms with Crippen LogP contribution in [-0.4, -0.2) is 44.3 Å². The van der Waals surface area contributed by atoms with Gasteiger partial charge in [-0.3, -0.25) is 14.4 Å². The average Bonchev–Trinajstić information content (AvgIpc) is 3.04. The van der Waals surface area contributed by atoms with Crippen LogP contribution >= 0.6 is 35.0 Å². The molecule has 238 valence electrons. The molecule has 4 rings (SSSR count). The van der Waals surface area contributed by atoms with Gasteiger partial charge in [0, 0.05) is 43.5 Å². The summed E-state index contributed by atoms with van der Waals surface area (Å²) in [6, 6.07) is 23.6. The lowest BCUT2D eigenvalue weighted by atomic mass is 10.1. The summed E-state index contributed by atoms with van der Waals surface area (Å²) in [6.45, 7) is 1.76. The van der Waals surface area contributed by atoms with Crippen LogP contribution in [0.3, 0.4) is 0 Å². The van der Waals surface area contributed by atoms with Crippen LogP contribution in [-0.2, 0) is 9.59 Å².